The second kappa shape index (κ2) is 35.4. The normalized spacial score (nSPS) is 13.7. The number of carbonyl (C=O) groups is 6. The van der Waals surface area contributed by atoms with Crippen molar-refractivity contribution in [2.45, 2.75) is 64.1 Å². The zero-order valence-corrected chi connectivity index (χ0v) is 45.9. The fourth-order valence-corrected chi connectivity index (χ4v) is 7.34. The summed E-state index contributed by atoms with van der Waals surface area (Å²) < 4.78 is 19.9. The number of benzene rings is 2. The molecule has 0 fully saturated rings. The summed E-state index contributed by atoms with van der Waals surface area (Å²) in [5.41, 5.74) is 5.28. The minimum absolute atomic E-state index is 0.0371. The van der Waals surface area contributed by atoms with Crippen LogP contribution in [0.15, 0.2) is 77.9 Å². The van der Waals surface area contributed by atoms with E-state index in [0.29, 0.717) is 64.2 Å². The second-order valence-electron chi connectivity index (χ2n) is 15.0. The van der Waals surface area contributed by atoms with Crippen LogP contribution in [-0.4, -0.2) is 126 Å². The van der Waals surface area contributed by atoms with E-state index in [9.17, 15) is 38.2 Å². The molecule has 0 spiro atoms. The predicted molar refractivity (Wildman–Crippen MR) is 283 cm³/mol. The lowest BCUT2D eigenvalue weighted by Gasteiger charge is -2.26. The molecule has 1 atom stereocenters. The number of carbonyl (C=O) groups excluding carboxylic acids is 5. The molecule has 16 nitrogen and oxygen atoms in total. The van der Waals surface area contributed by atoms with E-state index in [1.165, 1.54) is 15.9 Å². The van der Waals surface area contributed by atoms with Gasteiger partial charge in [-0.1, -0.05) is 90.6 Å². The lowest BCUT2D eigenvalue weighted by molar-refractivity contribution is -0.193. The van der Waals surface area contributed by atoms with Gasteiger partial charge in [0.2, 0.25) is 5.91 Å². The lowest BCUT2D eigenvalue weighted by atomic mass is 9.93. The number of methoxy groups -OCH3 is 1. The number of imide groups is 1. The molecule has 23 heteroatoms. The topological polar surface area (TPSA) is 223 Å². The van der Waals surface area contributed by atoms with Crippen LogP contribution < -0.4 is 20.0 Å². The Morgan fingerprint density at radius 3 is 1.89 bits per heavy atom. The number of amides is 4. The fraction of sp³-hybridized carbons (Fsp3) is 0.447. The first kappa shape index (κ1) is 66.3. The Balaban J connectivity index is 0.000000944. The maximum Gasteiger partial charge on any atom is 0.349 e. The number of esters is 1. The van der Waals surface area contributed by atoms with Gasteiger partial charge in [-0.15, -0.1) is 24.8 Å². The van der Waals surface area contributed by atoms with Gasteiger partial charge in [-0.05, 0) is 97.3 Å². The molecule has 0 bridgehead atoms. The summed E-state index contributed by atoms with van der Waals surface area (Å²) in [5, 5.41) is 10.2. The van der Waals surface area contributed by atoms with Crippen molar-refractivity contribution in [1.29, 1.82) is 0 Å². The lowest BCUT2D eigenvalue weighted by Crippen LogP contribution is -2.35. The van der Waals surface area contributed by atoms with Crippen LogP contribution in [0, 0.1) is 0 Å². The van der Waals surface area contributed by atoms with Crippen LogP contribution in [0.2, 0.25) is 5.02 Å². The van der Waals surface area contributed by atoms with Gasteiger partial charge < -0.3 is 33.8 Å². The smallest absolute Gasteiger partial charge is 0.349 e. The van der Waals surface area contributed by atoms with E-state index in [0.717, 1.165) is 42.5 Å². The molecule has 0 saturated heterocycles. The Morgan fingerprint density at radius 2 is 1.49 bits per heavy atom. The number of ether oxygens (including phenoxy) is 2. The highest BCUT2D eigenvalue weighted by molar-refractivity contribution is 7.94. The average molecular weight is 1120 g/mol. The number of carboxylic acids is 1. The minimum Gasteiger partial charge on any atom is -0.778 e. The highest BCUT2D eigenvalue weighted by atomic mass is 35.5. The molecule has 2 aromatic rings. The van der Waals surface area contributed by atoms with Crippen LogP contribution in [0.3, 0.4) is 0 Å². The maximum absolute atomic E-state index is 12.7. The Kier molecular flexibility index (Phi) is 33.5. The largest absolute Gasteiger partial charge is 0.778 e. The predicted octanol–water partition coefficient (Wildman–Crippen LogP) is 7.86. The van der Waals surface area contributed by atoms with Crippen molar-refractivity contribution < 1.29 is 57.7 Å². The molecule has 390 valence electrons. The number of hydrogen-bond acceptors (Lipinski definition) is 11. The third kappa shape index (κ3) is 24.1. The van der Waals surface area contributed by atoms with E-state index >= 15 is 0 Å². The summed E-state index contributed by atoms with van der Waals surface area (Å²) in [6.45, 7) is 13.7. The first-order valence-corrected chi connectivity index (χ1v) is 27.9. The van der Waals surface area contributed by atoms with Crippen molar-refractivity contribution in [3.05, 3.63) is 99.6 Å². The summed E-state index contributed by atoms with van der Waals surface area (Å²) in [5.74, 6) is -2.89. The number of aryl methyl sites for hydroxylation is 2. The van der Waals surface area contributed by atoms with Crippen molar-refractivity contribution in [2.75, 3.05) is 80.8 Å². The molecule has 4 amide bonds. The number of nitrogens with zero attached hydrogens (tertiary/aromatic N) is 3. The van der Waals surface area contributed by atoms with Gasteiger partial charge in [-0.3, -0.25) is 34.2 Å². The third-order valence-corrected chi connectivity index (χ3v) is 10.9. The van der Waals surface area contributed by atoms with E-state index < -0.39 is 37.2 Å². The van der Waals surface area contributed by atoms with Crippen molar-refractivity contribution in [2.24, 2.45) is 0 Å². The zero-order valence-electron chi connectivity index (χ0n) is 40.4. The molecule has 0 aromatic heterocycles. The number of nitrogens with one attached hydrogen (secondary N) is 1. The van der Waals surface area contributed by atoms with Crippen molar-refractivity contribution >= 4 is 130 Å². The molecule has 70 heavy (non-hydrogen) atoms. The Hall–Kier alpha value is -3.71. The van der Waals surface area contributed by atoms with Crippen LogP contribution in [-0.2, 0) is 66.5 Å². The first-order valence-electron chi connectivity index (χ1n) is 21.5. The molecule has 1 heterocycles. The number of carboxylic acid groups (broad SMARTS) is 1. The highest BCUT2D eigenvalue weighted by Gasteiger charge is 2.39. The summed E-state index contributed by atoms with van der Waals surface area (Å²) in [6, 6.07) is 10.8. The molecule has 1 aliphatic heterocycles. The molecule has 3 N–H and O–H groups in total. The monoisotopic (exact) mass is 1110 g/mol. The quantitative estimate of drug-likeness (QED) is 0.0178. The maximum atomic E-state index is 12.7. The first-order chi connectivity index (χ1) is 32.9. The van der Waals surface area contributed by atoms with Gasteiger partial charge in [0.1, 0.15) is 25.2 Å². The number of alkyl halides is 3. The Bertz CT molecular complexity index is 2140. The molecule has 0 radical (unpaired) electrons. The summed E-state index contributed by atoms with van der Waals surface area (Å²) in [4.78, 5) is 91.2. The minimum atomic E-state index is -4.35. The van der Waals surface area contributed by atoms with Gasteiger partial charge in [0.25, 0.3) is 17.7 Å². The molecular formula is C47H64Cl5N4O12PS. The standard InChI is InChI=1S/C19H17Cl2NO4.C14H20ClNO2.C8H11Cl2NO.C3H8NO5P.C3H9S/c1-2-26-19(25)16(21)10-11-9-12(7-8-15(11)20)22-17(23)13-5-3-4-6-14(13)18(22)24;1-4-11-7-6-8-12(5-2)14(11)16(10-18-3)13(17)9-15;1-3-5-11(6-4-2)8(12)7(9)10;5-3(6)1-4-2-10(7,8)9;1-4(2)3/h7-10H,2-6H2,1H3;6-8H,4-5,9-10H2,1-3H3;3-4,7H,1-2,5-6H2;4H,1-2H2,(H,5,6)(H2,7,8,9);1-3H3/q;;;;+1/p-1/b16-10-;;;;. The molecule has 2 aliphatic rings. The van der Waals surface area contributed by atoms with Crippen LogP contribution in [0.1, 0.15) is 63.1 Å². The summed E-state index contributed by atoms with van der Waals surface area (Å²) >= 11 is 28.6. The summed E-state index contributed by atoms with van der Waals surface area (Å²) in [6.07, 6.45) is 15.3. The SMILES string of the molecule is C=CCN(CC=C)C(=O)C(Cl)Cl.CCOC(=O)/C(Cl)=C/c1cc(N2C(=O)C3=C(CCCC3)C2=O)ccc1Cl.CCc1cccc(CC)c1N(COC)C(=O)CCl.C[S+](C)C.O=C(O)CNCP(=O)([O-])O. The number of aliphatic carboxylic acids is 1. The van der Waals surface area contributed by atoms with E-state index in [4.69, 9.17) is 77.5 Å². The van der Waals surface area contributed by atoms with Crippen LogP contribution in [0.5, 0.6) is 0 Å². The van der Waals surface area contributed by atoms with Crippen LogP contribution in [0.25, 0.3) is 6.08 Å². The molecule has 1 aliphatic carbocycles. The van der Waals surface area contributed by atoms with Gasteiger partial charge in [0.15, 0.2) is 4.84 Å². The van der Waals surface area contributed by atoms with E-state index in [1.807, 2.05) is 23.5 Å². The van der Waals surface area contributed by atoms with Crippen molar-refractivity contribution in [1.82, 2.24) is 10.2 Å². The van der Waals surface area contributed by atoms with E-state index in [2.05, 4.69) is 45.8 Å². The summed E-state index contributed by atoms with van der Waals surface area (Å²) in [7, 11) is -2.13. The molecule has 1 unspecified atom stereocenters. The van der Waals surface area contributed by atoms with Gasteiger partial charge in [-0.25, -0.2) is 9.69 Å². The van der Waals surface area contributed by atoms with Crippen LogP contribution in [0.4, 0.5) is 11.4 Å². The van der Waals surface area contributed by atoms with Crippen LogP contribution >= 0.6 is 65.6 Å². The number of hydrogen-bond donors (Lipinski definition) is 3. The number of anilines is 2. The second-order valence-corrected chi connectivity index (χ2v) is 21.2. The molecular weight excluding hydrogens is 1050 g/mol. The highest BCUT2D eigenvalue weighted by Crippen LogP contribution is 2.37. The van der Waals surface area contributed by atoms with E-state index in [1.54, 1.807) is 49.3 Å². The molecule has 2 aromatic carbocycles. The number of para-hydroxylation sites is 1. The number of rotatable bonds is 19. The zero-order chi connectivity index (χ0) is 53.7. The van der Waals surface area contributed by atoms with Gasteiger partial charge in [0.05, 0.1) is 49.6 Å². The van der Waals surface area contributed by atoms with E-state index in [-0.39, 0.29) is 47.9 Å². The Labute approximate surface area is 439 Å². The van der Waals surface area contributed by atoms with Gasteiger partial charge in [0, 0.05) is 36.4 Å². The molecule has 4 rings (SSSR count). The van der Waals surface area contributed by atoms with Gasteiger partial charge in [-0.2, -0.15) is 0 Å². The Morgan fingerprint density at radius 1 is 0.971 bits per heavy atom. The van der Waals surface area contributed by atoms with Gasteiger partial charge >= 0.3 is 11.9 Å². The third-order valence-electron chi connectivity index (χ3n) is 9.07. The molecule has 0 saturated carbocycles. The van der Waals surface area contributed by atoms with Crippen molar-refractivity contribution in [3.63, 3.8) is 0 Å². The fourth-order valence-electron chi connectivity index (χ4n) is 6.18. The average Bonchev–Trinajstić information content (AvgIpc) is 3.56. The number of halogens is 5. The van der Waals surface area contributed by atoms with Crippen molar-refractivity contribution in [3.8, 4) is 0 Å².